The molecule has 1 saturated carbocycles. The molecule has 104 valence electrons. The van der Waals surface area contributed by atoms with Crippen molar-refractivity contribution >= 4 is 5.96 Å². The summed E-state index contributed by atoms with van der Waals surface area (Å²) in [4.78, 5) is 4.28. The molecule has 0 amide bonds. The molecule has 3 nitrogen and oxygen atoms in total. The van der Waals surface area contributed by atoms with Crippen molar-refractivity contribution < 1.29 is 0 Å². The smallest absolute Gasteiger partial charge is 0.191 e. The van der Waals surface area contributed by atoms with Gasteiger partial charge in [0.05, 0.1) is 0 Å². The van der Waals surface area contributed by atoms with Crippen LogP contribution in [0.15, 0.2) is 29.3 Å². The fourth-order valence-corrected chi connectivity index (χ4v) is 2.16. The number of nitrogens with one attached hydrogen (secondary N) is 2. The largest absolute Gasteiger partial charge is 0.356 e. The Bertz CT molecular complexity index is 436. The molecule has 3 heteroatoms. The minimum absolute atomic E-state index is 0.482. The first-order valence-corrected chi connectivity index (χ1v) is 7.14. The van der Waals surface area contributed by atoms with Gasteiger partial charge >= 0.3 is 0 Å². The van der Waals surface area contributed by atoms with Crippen LogP contribution in [0, 0.1) is 12.8 Å². The average molecular weight is 259 g/mol. The van der Waals surface area contributed by atoms with Crippen LogP contribution in [0.4, 0.5) is 0 Å². The molecule has 1 aliphatic rings. The Morgan fingerprint density at radius 1 is 1.37 bits per heavy atom. The Kier molecular flexibility index (Phi) is 4.46. The van der Waals surface area contributed by atoms with Crippen molar-refractivity contribution in [1.29, 1.82) is 0 Å². The van der Waals surface area contributed by atoms with Crippen molar-refractivity contribution in [2.24, 2.45) is 10.9 Å². The molecule has 0 bridgehead atoms. The zero-order valence-electron chi connectivity index (χ0n) is 12.4. The van der Waals surface area contributed by atoms with Crippen molar-refractivity contribution in [2.75, 3.05) is 13.6 Å². The molecule has 1 aromatic carbocycles. The van der Waals surface area contributed by atoms with E-state index in [0.717, 1.165) is 18.4 Å². The van der Waals surface area contributed by atoms with E-state index >= 15 is 0 Å². The van der Waals surface area contributed by atoms with E-state index < -0.39 is 0 Å². The van der Waals surface area contributed by atoms with E-state index in [1.807, 2.05) is 7.05 Å². The minimum Gasteiger partial charge on any atom is -0.356 e. The second kappa shape index (κ2) is 6.09. The quantitative estimate of drug-likeness (QED) is 0.644. The van der Waals surface area contributed by atoms with Gasteiger partial charge in [-0.2, -0.15) is 0 Å². The van der Waals surface area contributed by atoms with Crippen LogP contribution >= 0.6 is 0 Å². The van der Waals surface area contributed by atoms with Gasteiger partial charge in [0, 0.05) is 19.6 Å². The molecule has 2 N–H and O–H groups in total. The molecule has 19 heavy (non-hydrogen) atoms. The van der Waals surface area contributed by atoms with Gasteiger partial charge in [-0.3, -0.25) is 4.99 Å². The van der Waals surface area contributed by atoms with E-state index in [2.05, 4.69) is 60.7 Å². The second-order valence-corrected chi connectivity index (χ2v) is 5.73. The van der Waals surface area contributed by atoms with Crippen molar-refractivity contribution in [1.82, 2.24) is 10.6 Å². The number of guanidine groups is 1. The van der Waals surface area contributed by atoms with Gasteiger partial charge in [-0.15, -0.1) is 0 Å². The maximum absolute atomic E-state index is 4.28. The lowest BCUT2D eigenvalue weighted by Crippen LogP contribution is -2.40. The summed E-state index contributed by atoms with van der Waals surface area (Å²) in [5.74, 6) is 2.19. The van der Waals surface area contributed by atoms with Gasteiger partial charge in [-0.25, -0.2) is 0 Å². The Morgan fingerprint density at radius 3 is 2.53 bits per heavy atom. The monoisotopic (exact) mass is 259 g/mol. The molecule has 0 aliphatic heterocycles. The first-order chi connectivity index (χ1) is 9.10. The molecule has 3 unspecified atom stereocenters. The highest BCUT2D eigenvalue weighted by Crippen LogP contribution is 2.28. The molecule has 1 fully saturated rings. The molecule has 0 spiro atoms. The number of hydrogen-bond acceptors (Lipinski definition) is 1. The van der Waals surface area contributed by atoms with Crippen LogP contribution < -0.4 is 10.6 Å². The second-order valence-electron chi connectivity index (χ2n) is 5.73. The van der Waals surface area contributed by atoms with Gasteiger partial charge in [0.1, 0.15) is 0 Å². The molecule has 0 saturated heterocycles. The average Bonchev–Trinajstić information content (AvgIpc) is 3.10. The first-order valence-electron chi connectivity index (χ1n) is 7.14. The summed E-state index contributed by atoms with van der Waals surface area (Å²) in [5.41, 5.74) is 2.68. The summed E-state index contributed by atoms with van der Waals surface area (Å²) in [6, 6.07) is 9.37. The van der Waals surface area contributed by atoms with E-state index in [9.17, 15) is 0 Å². The van der Waals surface area contributed by atoms with Crippen LogP contribution in [0.3, 0.4) is 0 Å². The number of nitrogens with zero attached hydrogens (tertiary/aromatic N) is 1. The Morgan fingerprint density at radius 2 is 2.00 bits per heavy atom. The highest BCUT2D eigenvalue weighted by Gasteiger charge is 2.33. The number of hydrogen-bond donors (Lipinski definition) is 2. The number of benzene rings is 1. The number of aryl methyl sites for hydroxylation is 1. The summed E-state index contributed by atoms with van der Waals surface area (Å²) < 4.78 is 0. The van der Waals surface area contributed by atoms with Crippen LogP contribution in [-0.2, 0) is 0 Å². The summed E-state index contributed by atoms with van der Waals surface area (Å²) in [5, 5.41) is 6.86. The summed E-state index contributed by atoms with van der Waals surface area (Å²) in [6.45, 7) is 7.53. The molecule has 0 aromatic heterocycles. The normalized spacial score (nSPS) is 23.9. The molecule has 0 radical (unpaired) electrons. The third kappa shape index (κ3) is 3.98. The summed E-state index contributed by atoms with van der Waals surface area (Å²) >= 11 is 0. The van der Waals surface area contributed by atoms with Gasteiger partial charge < -0.3 is 10.6 Å². The maximum Gasteiger partial charge on any atom is 0.191 e. The van der Waals surface area contributed by atoms with Gasteiger partial charge in [0.15, 0.2) is 5.96 Å². The Labute approximate surface area is 116 Å². The zero-order valence-corrected chi connectivity index (χ0v) is 12.4. The van der Waals surface area contributed by atoms with Crippen molar-refractivity contribution in [3.63, 3.8) is 0 Å². The standard InChI is InChI=1S/C16H25N3/c1-11-5-7-14(8-6-11)13(3)10-18-16(17-4)19-15-9-12(15)2/h5-8,12-13,15H,9-10H2,1-4H3,(H2,17,18,19). The molecule has 0 heterocycles. The van der Waals surface area contributed by atoms with Gasteiger partial charge in [0.25, 0.3) is 0 Å². The van der Waals surface area contributed by atoms with E-state index in [-0.39, 0.29) is 0 Å². The lowest BCUT2D eigenvalue weighted by molar-refractivity contribution is 0.691. The van der Waals surface area contributed by atoms with Crippen LogP contribution in [0.2, 0.25) is 0 Å². The molecular weight excluding hydrogens is 234 g/mol. The predicted molar refractivity (Wildman–Crippen MR) is 81.7 cm³/mol. The van der Waals surface area contributed by atoms with Crippen molar-refractivity contribution in [2.45, 2.75) is 39.2 Å². The molecule has 1 aliphatic carbocycles. The summed E-state index contributed by atoms with van der Waals surface area (Å²) in [7, 11) is 1.83. The van der Waals surface area contributed by atoms with Crippen LogP contribution in [-0.4, -0.2) is 25.6 Å². The lowest BCUT2D eigenvalue weighted by Gasteiger charge is -2.16. The van der Waals surface area contributed by atoms with E-state index in [0.29, 0.717) is 12.0 Å². The maximum atomic E-state index is 4.28. The molecular formula is C16H25N3. The van der Waals surface area contributed by atoms with Gasteiger partial charge in [-0.05, 0) is 30.7 Å². The summed E-state index contributed by atoms with van der Waals surface area (Å²) in [6.07, 6.45) is 1.26. The van der Waals surface area contributed by atoms with E-state index in [4.69, 9.17) is 0 Å². The SMILES string of the molecule is CN=C(NCC(C)c1ccc(C)cc1)NC1CC1C. The van der Waals surface area contributed by atoms with Gasteiger partial charge in [0.2, 0.25) is 0 Å². The van der Waals surface area contributed by atoms with Crippen LogP contribution in [0.25, 0.3) is 0 Å². The number of aliphatic imine (C=N–C) groups is 1. The topological polar surface area (TPSA) is 36.4 Å². The molecule has 1 aromatic rings. The minimum atomic E-state index is 0.482. The van der Waals surface area contributed by atoms with Crippen molar-refractivity contribution in [3.8, 4) is 0 Å². The van der Waals surface area contributed by atoms with Crippen molar-refractivity contribution in [3.05, 3.63) is 35.4 Å². The van der Waals surface area contributed by atoms with Crippen LogP contribution in [0.5, 0.6) is 0 Å². The predicted octanol–water partition coefficient (Wildman–Crippen LogP) is 2.67. The van der Waals surface area contributed by atoms with E-state index in [1.54, 1.807) is 0 Å². The third-order valence-electron chi connectivity index (χ3n) is 3.88. The third-order valence-corrected chi connectivity index (χ3v) is 3.88. The Balaban J connectivity index is 1.81. The Hall–Kier alpha value is -1.51. The fraction of sp³-hybridized carbons (Fsp3) is 0.562. The fourth-order valence-electron chi connectivity index (χ4n) is 2.16. The van der Waals surface area contributed by atoms with Gasteiger partial charge in [-0.1, -0.05) is 43.7 Å². The highest BCUT2D eigenvalue weighted by atomic mass is 15.2. The molecule has 3 atom stereocenters. The zero-order chi connectivity index (χ0) is 13.8. The highest BCUT2D eigenvalue weighted by molar-refractivity contribution is 5.80. The lowest BCUT2D eigenvalue weighted by atomic mass is 10.0. The number of rotatable bonds is 4. The first kappa shape index (κ1) is 13.9. The van der Waals surface area contributed by atoms with E-state index in [1.165, 1.54) is 17.5 Å². The van der Waals surface area contributed by atoms with Crippen LogP contribution in [0.1, 0.15) is 37.3 Å². The molecule has 2 rings (SSSR count).